The fourth-order valence-corrected chi connectivity index (χ4v) is 1.60. The predicted molar refractivity (Wildman–Crippen MR) is 59.8 cm³/mol. The second-order valence-electron chi connectivity index (χ2n) is 3.86. The number of halogens is 2. The van der Waals surface area contributed by atoms with Gasteiger partial charge in [0.1, 0.15) is 11.6 Å². The molecule has 3 heteroatoms. The molecule has 0 aliphatic rings. The Kier molecular flexibility index (Phi) is 3.53. The van der Waals surface area contributed by atoms with Gasteiger partial charge in [-0.25, -0.2) is 4.39 Å². The highest BCUT2D eigenvalue weighted by atomic mass is 79.9. The SMILES string of the molecule is COc1cc(F)ccc1C(C)(C)CBr. The Balaban J connectivity index is 3.20. The zero-order chi connectivity index (χ0) is 10.8. The topological polar surface area (TPSA) is 9.23 Å². The maximum Gasteiger partial charge on any atom is 0.126 e. The summed E-state index contributed by atoms with van der Waals surface area (Å²) >= 11 is 3.44. The third-order valence-electron chi connectivity index (χ3n) is 2.23. The molecule has 0 fully saturated rings. The number of methoxy groups -OCH3 is 1. The Labute approximate surface area is 92.4 Å². The van der Waals surface area contributed by atoms with Gasteiger partial charge in [0.05, 0.1) is 7.11 Å². The number of hydrogen-bond donors (Lipinski definition) is 0. The fourth-order valence-electron chi connectivity index (χ4n) is 1.30. The van der Waals surface area contributed by atoms with Gasteiger partial charge >= 0.3 is 0 Å². The first-order chi connectivity index (χ1) is 6.51. The number of benzene rings is 1. The maximum absolute atomic E-state index is 12.9. The molecule has 0 saturated heterocycles. The van der Waals surface area contributed by atoms with Crippen LogP contribution in [0.5, 0.6) is 5.75 Å². The highest BCUT2D eigenvalue weighted by Crippen LogP contribution is 2.33. The predicted octanol–water partition coefficient (Wildman–Crippen LogP) is 3.51. The van der Waals surface area contributed by atoms with Crippen LogP contribution in [0.4, 0.5) is 4.39 Å². The summed E-state index contributed by atoms with van der Waals surface area (Å²) in [7, 11) is 1.56. The van der Waals surface area contributed by atoms with E-state index in [4.69, 9.17) is 4.74 Å². The van der Waals surface area contributed by atoms with E-state index in [9.17, 15) is 4.39 Å². The largest absolute Gasteiger partial charge is 0.496 e. The van der Waals surface area contributed by atoms with Crippen molar-refractivity contribution in [1.82, 2.24) is 0 Å². The Hall–Kier alpha value is -0.570. The second kappa shape index (κ2) is 4.30. The van der Waals surface area contributed by atoms with Gasteiger partial charge in [0.15, 0.2) is 0 Å². The summed E-state index contributed by atoms with van der Waals surface area (Å²) in [5.74, 6) is 0.338. The number of alkyl halides is 1. The van der Waals surface area contributed by atoms with E-state index in [1.807, 2.05) is 0 Å². The molecule has 0 N–H and O–H groups in total. The summed E-state index contributed by atoms with van der Waals surface area (Å²) in [6, 6.07) is 4.65. The van der Waals surface area contributed by atoms with Crippen molar-refractivity contribution in [3.63, 3.8) is 0 Å². The average Bonchev–Trinajstić information content (AvgIpc) is 2.17. The van der Waals surface area contributed by atoms with Gasteiger partial charge in [0, 0.05) is 22.4 Å². The van der Waals surface area contributed by atoms with E-state index < -0.39 is 0 Å². The summed E-state index contributed by atoms with van der Waals surface area (Å²) in [5, 5.41) is 0.808. The fraction of sp³-hybridized carbons (Fsp3) is 0.455. The van der Waals surface area contributed by atoms with Crippen LogP contribution in [0.25, 0.3) is 0 Å². The van der Waals surface area contributed by atoms with Gasteiger partial charge in [-0.05, 0) is 6.07 Å². The van der Waals surface area contributed by atoms with Crippen LogP contribution in [-0.2, 0) is 5.41 Å². The standard InChI is InChI=1S/C11H14BrFO/c1-11(2,7-12)9-5-4-8(13)6-10(9)14-3/h4-6H,7H2,1-3H3. The molecule has 0 aliphatic heterocycles. The Bertz CT molecular complexity index is 323. The van der Waals surface area contributed by atoms with E-state index in [1.54, 1.807) is 13.2 Å². The second-order valence-corrected chi connectivity index (χ2v) is 4.42. The molecule has 0 radical (unpaired) electrons. The van der Waals surface area contributed by atoms with Crippen LogP contribution >= 0.6 is 15.9 Å². The highest BCUT2D eigenvalue weighted by Gasteiger charge is 2.23. The van der Waals surface area contributed by atoms with Crippen molar-refractivity contribution in [2.75, 3.05) is 12.4 Å². The van der Waals surface area contributed by atoms with Crippen LogP contribution in [0.15, 0.2) is 18.2 Å². The van der Waals surface area contributed by atoms with Gasteiger partial charge in [0.25, 0.3) is 0 Å². The molecule has 0 unspecified atom stereocenters. The zero-order valence-electron chi connectivity index (χ0n) is 8.60. The Morgan fingerprint density at radius 1 is 1.43 bits per heavy atom. The number of ether oxygens (including phenoxy) is 1. The van der Waals surface area contributed by atoms with Crippen LogP contribution in [0, 0.1) is 5.82 Å². The molecule has 78 valence electrons. The van der Waals surface area contributed by atoms with E-state index in [2.05, 4.69) is 29.8 Å². The minimum absolute atomic E-state index is 0.0565. The van der Waals surface area contributed by atoms with Crippen molar-refractivity contribution in [2.45, 2.75) is 19.3 Å². The average molecular weight is 261 g/mol. The molecule has 14 heavy (non-hydrogen) atoms. The molecular formula is C11H14BrFO. The normalized spacial score (nSPS) is 11.5. The molecule has 0 aromatic heterocycles. The molecular weight excluding hydrogens is 247 g/mol. The molecule has 0 bridgehead atoms. The molecule has 1 aromatic rings. The third-order valence-corrected chi connectivity index (χ3v) is 3.63. The lowest BCUT2D eigenvalue weighted by Crippen LogP contribution is -2.19. The monoisotopic (exact) mass is 260 g/mol. The van der Waals surface area contributed by atoms with E-state index in [-0.39, 0.29) is 11.2 Å². The van der Waals surface area contributed by atoms with Crippen molar-refractivity contribution in [1.29, 1.82) is 0 Å². The first kappa shape index (κ1) is 11.5. The number of hydrogen-bond acceptors (Lipinski definition) is 1. The summed E-state index contributed by atoms with van der Waals surface area (Å²) in [6.07, 6.45) is 0. The van der Waals surface area contributed by atoms with E-state index in [0.717, 1.165) is 10.9 Å². The molecule has 1 nitrogen and oxygen atoms in total. The molecule has 0 spiro atoms. The third kappa shape index (κ3) is 2.27. The van der Waals surface area contributed by atoms with Gasteiger partial charge in [-0.15, -0.1) is 0 Å². The zero-order valence-corrected chi connectivity index (χ0v) is 10.2. The molecule has 0 atom stereocenters. The quantitative estimate of drug-likeness (QED) is 0.756. The molecule has 0 amide bonds. The van der Waals surface area contributed by atoms with Gasteiger partial charge in [0.2, 0.25) is 0 Å². The molecule has 0 aliphatic carbocycles. The van der Waals surface area contributed by atoms with Crippen LogP contribution < -0.4 is 4.74 Å². The molecule has 1 rings (SSSR count). The smallest absolute Gasteiger partial charge is 0.126 e. The van der Waals surface area contributed by atoms with Crippen molar-refractivity contribution >= 4 is 15.9 Å². The first-order valence-electron chi connectivity index (χ1n) is 4.41. The van der Waals surface area contributed by atoms with Crippen LogP contribution in [0.2, 0.25) is 0 Å². The Morgan fingerprint density at radius 2 is 2.07 bits per heavy atom. The van der Waals surface area contributed by atoms with Crippen LogP contribution in [-0.4, -0.2) is 12.4 Å². The molecule has 0 saturated carbocycles. The van der Waals surface area contributed by atoms with E-state index >= 15 is 0 Å². The van der Waals surface area contributed by atoms with Crippen molar-refractivity contribution in [3.8, 4) is 5.75 Å². The summed E-state index contributed by atoms with van der Waals surface area (Å²) in [5.41, 5.74) is 0.956. The lowest BCUT2D eigenvalue weighted by Gasteiger charge is -2.24. The van der Waals surface area contributed by atoms with Crippen molar-refractivity contribution < 1.29 is 9.13 Å². The number of rotatable bonds is 3. The molecule has 1 aromatic carbocycles. The minimum Gasteiger partial charge on any atom is -0.496 e. The van der Waals surface area contributed by atoms with Crippen LogP contribution in [0.3, 0.4) is 0 Å². The summed E-state index contributed by atoms with van der Waals surface area (Å²) in [6.45, 7) is 4.16. The summed E-state index contributed by atoms with van der Waals surface area (Å²) in [4.78, 5) is 0. The van der Waals surface area contributed by atoms with Crippen molar-refractivity contribution in [3.05, 3.63) is 29.6 Å². The van der Waals surface area contributed by atoms with Gasteiger partial charge in [-0.1, -0.05) is 35.8 Å². The lowest BCUT2D eigenvalue weighted by atomic mass is 9.86. The maximum atomic E-state index is 12.9. The molecule has 0 heterocycles. The van der Waals surface area contributed by atoms with Crippen LogP contribution in [0.1, 0.15) is 19.4 Å². The minimum atomic E-state index is -0.268. The highest BCUT2D eigenvalue weighted by molar-refractivity contribution is 9.09. The van der Waals surface area contributed by atoms with Crippen molar-refractivity contribution in [2.24, 2.45) is 0 Å². The lowest BCUT2D eigenvalue weighted by molar-refractivity contribution is 0.395. The Morgan fingerprint density at radius 3 is 2.57 bits per heavy atom. The van der Waals surface area contributed by atoms with E-state index in [1.165, 1.54) is 12.1 Å². The first-order valence-corrected chi connectivity index (χ1v) is 5.53. The van der Waals surface area contributed by atoms with Gasteiger partial charge < -0.3 is 4.74 Å². The van der Waals surface area contributed by atoms with E-state index in [0.29, 0.717) is 5.75 Å². The van der Waals surface area contributed by atoms with Gasteiger partial charge in [-0.3, -0.25) is 0 Å². The van der Waals surface area contributed by atoms with Gasteiger partial charge in [-0.2, -0.15) is 0 Å². The summed E-state index contributed by atoms with van der Waals surface area (Å²) < 4.78 is 18.1.